The summed E-state index contributed by atoms with van der Waals surface area (Å²) in [4.78, 5) is 2.02. The third-order valence-corrected chi connectivity index (χ3v) is 5.93. The number of benzene rings is 2. The van der Waals surface area contributed by atoms with E-state index in [-0.39, 0.29) is 62.4 Å². The van der Waals surface area contributed by atoms with Crippen molar-refractivity contribution >= 4 is 21.5 Å². The van der Waals surface area contributed by atoms with Crippen molar-refractivity contribution in [2.75, 3.05) is 10.2 Å². The molecule has 1 aliphatic rings. The van der Waals surface area contributed by atoms with E-state index in [0.29, 0.717) is 12.2 Å². The Morgan fingerprint density at radius 2 is 1.71 bits per heavy atom. The Kier molecular flexibility index (Phi) is 9.47. The Bertz CT molecular complexity index is 859. The van der Waals surface area contributed by atoms with Crippen molar-refractivity contribution < 1.29 is 64.4 Å². The third-order valence-electron chi connectivity index (χ3n) is 5.05. The van der Waals surface area contributed by atoms with Crippen molar-refractivity contribution in [1.29, 1.82) is 0 Å². The van der Waals surface area contributed by atoms with E-state index < -0.39 is 10.1 Å². The summed E-state index contributed by atoms with van der Waals surface area (Å²) < 4.78 is 35.0. The normalized spacial score (nSPS) is 15.6. The van der Waals surface area contributed by atoms with Gasteiger partial charge in [-0.3, -0.25) is 0 Å². The average molecular weight is 427 g/mol. The monoisotopic (exact) mass is 426 g/mol. The van der Waals surface area contributed by atoms with E-state index in [2.05, 4.69) is 29.3 Å². The molecule has 0 spiro atoms. The van der Waals surface area contributed by atoms with Crippen LogP contribution >= 0.6 is 0 Å². The van der Waals surface area contributed by atoms with Crippen LogP contribution in [0.4, 0.5) is 11.4 Å². The number of hydrogen-bond acceptors (Lipinski definition) is 5. The molecule has 0 aliphatic carbocycles. The van der Waals surface area contributed by atoms with Gasteiger partial charge in [0.2, 0.25) is 0 Å². The molecular weight excluding hydrogens is 399 g/mol. The predicted octanol–water partition coefficient (Wildman–Crippen LogP) is 1.71. The maximum absolute atomic E-state index is 11.7. The fraction of sp³-hybridized carbons (Fsp3) is 0.429. The van der Waals surface area contributed by atoms with Crippen LogP contribution < -0.4 is 61.6 Å². The summed E-state index contributed by atoms with van der Waals surface area (Å²) in [6.07, 6.45) is 6.79. The molecule has 5 nitrogen and oxygen atoms in total. The summed E-state index contributed by atoms with van der Waals surface area (Å²) in [5, 5.41) is 3.32. The first-order valence-electron chi connectivity index (χ1n) is 9.66. The van der Waals surface area contributed by atoms with Gasteiger partial charge in [-0.15, -0.1) is 0 Å². The predicted molar refractivity (Wildman–Crippen MR) is 108 cm³/mol. The van der Waals surface area contributed by atoms with Crippen molar-refractivity contribution in [3.63, 3.8) is 0 Å². The minimum absolute atomic E-state index is 0. The van der Waals surface area contributed by atoms with Crippen molar-refractivity contribution in [1.82, 2.24) is 0 Å². The molecule has 0 saturated heterocycles. The maximum Gasteiger partial charge on any atom is 1.00 e. The molecule has 0 fully saturated rings. The van der Waals surface area contributed by atoms with Crippen LogP contribution in [0.3, 0.4) is 0 Å². The van der Waals surface area contributed by atoms with E-state index in [1.54, 1.807) is 6.07 Å². The molecule has 0 radical (unpaired) electrons. The smallest absolute Gasteiger partial charge is 0.744 e. The van der Waals surface area contributed by atoms with Gasteiger partial charge in [0, 0.05) is 6.54 Å². The van der Waals surface area contributed by atoms with Crippen LogP contribution in [-0.2, 0) is 16.7 Å². The summed E-state index contributed by atoms with van der Waals surface area (Å²) in [5.41, 5.74) is 2.38. The molecule has 3 rings (SSSR count). The fourth-order valence-electron chi connectivity index (χ4n) is 3.67. The van der Waals surface area contributed by atoms with Gasteiger partial charge in [0.25, 0.3) is 0 Å². The molecule has 0 aromatic heterocycles. The van der Waals surface area contributed by atoms with Crippen LogP contribution in [-0.4, -0.2) is 19.1 Å². The second-order valence-electron chi connectivity index (χ2n) is 7.08. The first kappa shape index (κ1) is 23.9. The van der Waals surface area contributed by atoms with Crippen LogP contribution in [0.25, 0.3) is 0 Å². The van der Waals surface area contributed by atoms with E-state index in [0.717, 1.165) is 30.5 Å². The summed E-state index contributed by atoms with van der Waals surface area (Å²) in [5.74, 6) is 0. The molecule has 28 heavy (non-hydrogen) atoms. The van der Waals surface area contributed by atoms with Gasteiger partial charge in [0.1, 0.15) is 10.1 Å². The Labute approximate surface area is 211 Å². The molecule has 7 heteroatoms. The Morgan fingerprint density at radius 1 is 1.00 bits per heavy atom. The largest absolute Gasteiger partial charge is 1.00 e. The summed E-state index contributed by atoms with van der Waals surface area (Å²) in [6, 6.07) is 15.0. The van der Waals surface area contributed by atoms with Crippen LogP contribution in [0.5, 0.6) is 0 Å². The summed E-state index contributed by atoms with van der Waals surface area (Å²) in [7, 11) is -4.52. The van der Waals surface area contributed by atoms with Gasteiger partial charge < -0.3 is 14.8 Å². The van der Waals surface area contributed by atoms with Gasteiger partial charge in [-0.25, -0.2) is 8.42 Å². The number of fused-ring (bicyclic) bond motifs is 1. The second-order valence-corrected chi connectivity index (χ2v) is 8.43. The van der Waals surface area contributed by atoms with Gasteiger partial charge in [-0.2, -0.15) is 0 Å². The number of hydrogen-bond donors (Lipinski definition) is 1. The van der Waals surface area contributed by atoms with Gasteiger partial charge in [0.15, 0.2) is 0 Å². The topological polar surface area (TPSA) is 72.5 Å². The third kappa shape index (κ3) is 6.04. The first-order chi connectivity index (χ1) is 13.0. The van der Waals surface area contributed by atoms with E-state index in [4.69, 9.17) is 0 Å². The standard InChI is InChI=1S/C21H28N2O3S.K/c1-2-3-4-5-9-15-20-22-21-18(13-10-14-19(21)27(24,25)26)23(20)16-17-11-7-6-8-12-17;/h6-8,10-14,20,22H,2-5,9,15-16H2,1H3,(H,24,25,26);/q;+1/p-1. The molecule has 0 saturated carbocycles. The van der Waals surface area contributed by atoms with Crippen molar-refractivity contribution in [3.8, 4) is 0 Å². The number of nitrogens with one attached hydrogen (secondary N) is 1. The van der Waals surface area contributed by atoms with Crippen LogP contribution in [0.15, 0.2) is 53.4 Å². The zero-order valence-corrected chi connectivity index (χ0v) is 20.7. The van der Waals surface area contributed by atoms with Crippen molar-refractivity contribution in [2.24, 2.45) is 0 Å². The number of anilines is 2. The number of unbranched alkanes of at least 4 members (excludes halogenated alkanes) is 4. The van der Waals surface area contributed by atoms with Gasteiger partial charge in [-0.05, 0) is 30.5 Å². The Morgan fingerprint density at radius 3 is 2.39 bits per heavy atom. The molecule has 1 heterocycles. The van der Waals surface area contributed by atoms with Gasteiger partial charge in [0.05, 0.1) is 22.4 Å². The van der Waals surface area contributed by atoms with E-state index >= 15 is 0 Å². The Balaban J connectivity index is 0.00000280. The second kappa shape index (κ2) is 11.1. The molecule has 2 aromatic carbocycles. The number of nitrogens with zero attached hydrogens (tertiary/aromatic N) is 1. The molecule has 1 atom stereocenters. The molecule has 2 aromatic rings. The zero-order chi connectivity index (χ0) is 19.3. The molecule has 1 unspecified atom stereocenters. The minimum atomic E-state index is -4.52. The van der Waals surface area contributed by atoms with E-state index in [1.807, 2.05) is 24.3 Å². The van der Waals surface area contributed by atoms with Crippen molar-refractivity contribution in [2.45, 2.75) is 63.1 Å². The maximum atomic E-state index is 11.7. The number of rotatable bonds is 9. The molecule has 0 bridgehead atoms. The first-order valence-corrected chi connectivity index (χ1v) is 11.1. The minimum Gasteiger partial charge on any atom is -0.744 e. The zero-order valence-electron chi connectivity index (χ0n) is 16.7. The fourth-order valence-corrected chi connectivity index (χ4v) is 4.33. The number of para-hydroxylation sites is 1. The van der Waals surface area contributed by atoms with Gasteiger partial charge in [-0.1, -0.05) is 69.0 Å². The van der Waals surface area contributed by atoms with Crippen molar-refractivity contribution in [3.05, 3.63) is 54.1 Å². The Hall–Kier alpha value is -0.414. The molecule has 0 amide bonds. The summed E-state index contributed by atoms with van der Waals surface area (Å²) in [6.45, 7) is 2.87. The molecule has 146 valence electrons. The SMILES string of the molecule is CCCCCCCC1Nc2c(cccc2S(=O)(=O)[O-])N1Cc1ccccc1.[K+]. The molecule has 1 N–H and O–H groups in total. The van der Waals surface area contributed by atoms with Crippen LogP contribution in [0.2, 0.25) is 0 Å². The van der Waals surface area contributed by atoms with Gasteiger partial charge >= 0.3 is 51.4 Å². The van der Waals surface area contributed by atoms with Crippen LogP contribution in [0, 0.1) is 0 Å². The molecular formula is C21H27KN2O3S. The molecule has 1 aliphatic heterocycles. The van der Waals surface area contributed by atoms with Crippen LogP contribution in [0.1, 0.15) is 51.0 Å². The van der Waals surface area contributed by atoms with E-state index in [1.165, 1.54) is 25.3 Å². The quantitative estimate of drug-likeness (QED) is 0.375. The van der Waals surface area contributed by atoms with E-state index in [9.17, 15) is 13.0 Å². The summed E-state index contributed by atoms with van der Waals surface area (Å²) >= 11 is 0. The average Bonchev–Trinajstić information content (AvgIpc) is 2.99.